The van der Waals surface area contributed by atoms with Gasteiger partial charge < -0.3 is 5.73 Å². The summed E-state index contributed by atoms with van der Waals surface area (Å²) >= 11 is 5.98. The summed E-state index contributed by atoms with van der Waals surface area (Å²) in [5.74, 6) is -0.271. The average Bonchev–Trinajstić information content (AvgIpc) is 2.91. The smallest absolute Gasteiger partial charge is 0.125 e. The summed E-state index contributed by atoms with van der Waals surface area (Å²) in [5.41, 5.74) is 7.89. The number of hydrogen-bond acceptors (Lipinski definition) is 1. The summed E-state index contributed by atoms with van der Waals surface area (Å²) in [6, 6.07) is 2.99. The van der Waals surface area contributed by atoms with Gasteiger partial charge in [0, 0.05) is 16.5 Å². The number of nitrogens with two attached hydrogens (primary N) is 1. The van der Waals surface area contributed by atoms with Crippen molar-refractivity contribution < 1.29 is 4.39 Å². The van der Waals surface area contributed by atoms with E-state index in [2.05, 4.69) is 0 Å². The van der Waals surface area contributed by atoms with Crippen molar-refractivity contribution >= 4 is 11.6 Å². The number of rotatable bonds is 2. The average molecular weight is 228 g/mol. The van der Waals surface area contributed by atoms with Gasteiger partial charge in [-0.15, -0.1) is 0 Å². The molecule has 1 aliphatic carbocycles. The van der Waals surface area contributed by atoms with Gasteiger partial charge in [0.25, 0.3) is 0 Å². The summed E-state index contributed by atoms with van der Waals surface area (Å²) in [6.45, 7) is 3.91. The van der Waals surface area contributed by atoms with Crippen molar-refractivity contribution in [1.82, 2.24) is 0 Å². The van der Waals surface area contributed by atoms with Crippen LogP contribution in [0.1, 0.15) is 30.9 Å². The number of benzene rings is 1. The Morgan fingerprint density at radius 3 is 2.53 bits per heavy atom. The first-order valence-corrected chi connectivity index (χ1v) is 5.57. The Morgan fingerprint density at radius 1 is 1.47 bits per heavy atom. The summed E-state index contributed by atoms with van der Waals surface area (Å²) in [7, 11) is 0. The third-order valence-corrected chi connectivity index (χ3v) is 3.90. The molecule has 82 valence electrons. The molecule has 2 rings (SSSR count). The Bertz CT molecular complexity index is 397. The van der Waals surface area contributed by atoms with Gasteiger partial charge in [-0.3, -0.25) is 0 Å². The predicted molar refractivity (Wildman–Crippen MR) is 60.7 cm³/mol. The molecule has 0 aliphatic heterocycles. The van der Waals surface area contributed by atoms with Gasteiger partial charge in [-0.05, 0) is 49.9 Å². The van der Waals surface area contributed by atoms with E-state index in [0.29, 0.717) is 5.02 Å². The van der Waals surface area contributed by atoms with E-state index in [1.54, 1.807) is 6.07 Å². The van der Waals surface area contributed by atoms with Crippen molar-refractivity contribution in [2.24, 2.45) is 5.73 Å². The molecule has 1 aromatic carbocycles. The quantitative estimate of drug-likeness (QED) is 0.825. The van der Waals surface area contributed by atoms with Crippen LogP contribution in [0.2, 0.25) is 5.02 Å². The van der Waals surface area contributed by atoms with Gasteiger partial charge in [-0.1, -0.05) is 11.6 Å². The fourth-order valence-corrected chi connectivity index (χ4v) is 2.47. The molecule has 1 aliphatic rings. The third kappa shape index (κ3) is 1.66. The normalized spacial score (nSPS) is 20.1. The first-order chi connectivity index (χ1) is 6.97. The summed E-state index contributed by atoms with van der Waals surface area (Å²) in [4.78, 5) is 0. The first-order valence-electron chi connectivity index (χ1n) is 5.19. The molecule has 1 fully saturated rings. The van der Waals surface area contributed by atoms with Gasteiger partial charge in [0.2, 0.25) is 0 Å². The monoisotopic (exact) mass is 227 g/mol. The fourth-order valence-electron chi connectivity index (χ4n) is 2.27. The molecular formula is C12H15ClFN. The van der Waals surface area contributed by atoms with Crippen molar-refractivity contribution in [1.29, 1.82) is 0 Å². The van der Waals surface area contributed by atoms with Crippen molar-refractivity contribution in [2.45, 2.75) is 38.1 Å². The second-order valence-electron chi connectivity index (χ2n) is 4.50. The molecule has 0 spiro atoms. The Balaban J connectivity index is 2.53. The minimum absolute atomic E-state index is 0.0319. The van der Waals surface area contributed by atoms with Crippen LogP contribution in [0.3, 0.4) is 0 Å². The highest BCUT2D eigenvalue weighted by atomic mass is 35.5. The zero-order valence-electron chi connectivity index (χ0n) is 8.98. The third-order valence-electron chi connectivity index (χ3n) is 3.51. The van der Waals surface area contributed by atoms with Crippen LogP contribution in [0.25, 0.3) is 0 Å². The lowest BCUT2D eigenvalue weighted by molar-refractivity contribution is 0.545. The minimum atomic E-state index is -0.271. The molecule has 0 heterocycles. The van der Waals surface area contributed by atoms with Gasteiger partial charge in [0.05, 0.1) is 0 Å². The van der Waals surface area contributed by atoms with E-state index < -0.39 is 0 Å². The Morgan fingerprint density at radius 2 is 2.07 bits per heavy atom. The van der Waals surface area contributed by atoms with Gasteiger partial charge in [-0.25, -0.2) is 4.39 Å². The zero-order chi connectivity index (χ0) is 11.2. The van der Waals surface area contributed by atoms with Crippen LogP contribution in [-0.4, -0.2) is 6.04 Å². The van der Waals surface area contributed by atoms with E-state index in [-0.39, 0.29) is 17.3 Å². The van der Waals surface area contributed by atoms with Gasteiger partial charge in [0.15, 0.2) is 0 Å². The first kappa shape index (κ1) is 10.9. The zero-order valence-corrected chi connectivity index (χ0v) is 9.74. The molecule has 1 nitrogen and oxygen atoms in total. The minimum Gasteiger partial charge on any atom is -0.327 e. The van der Waals surface area contributed by atoms with Crippen molar-refractivity contribution in [3.8, 4) is 0 Å². The molecule has 0 amide bonds. The Kier molecular flexibility index (Phi) is 2.52. The van der Waals surface area contributed by atoms with E-state index in [9.17, 15) is 4.39 Å². The van der Waals surface area contributed by atoms with Crippen LogP contribution in [0.5, 0.6) is 0 Å². The lowest BCUT2D eigenvalue weighted by Gasteiger charge is -2.22. The molecule has 1 atom stereocenters. The highest BCUT2D eigenvalue weighted by Crippen LogP contribution is 2.52. The summed E-state index contributed by atoms with van der Waals surface area (Å²) in [5, 5.41) is 0.497. The highest BCUT2D eigenvalue weighted by Gasteiger charge is 2.48. The van der Waals surface area contributed by atoms with E-state index in [1.165, 1.54) is 6.07 Å². The molecule has 15 heavy (non-hydrogen) atoms. The van der Waals surface area contributed by atoms with Crippen molar-refractivity contribution in [2.75, 3.05) is 0 Å². The molecule has 2 N–H and O–H groups in total. The van der Waals surface area contributed by atoms with Crippen molar-refractivity contribution in [3.05, 3.63) is 34.1 Å². The maximum atomic E-state index is 13.3. The second kappa shape index (κ2) is 3.46. The summed E-state index contributed by atoms with van der Waals surface area (Å²) < 4.78 is 13.3. The van der Waals surface area contributed by atoms with E-state index in [0.717, 1.165) is 24.0 Å². The molecule has 3 heteroatoms. The topological polar surface area (TPSA) is 26.0 Å². The Hall–Kier alpha value is -0.600. The summed E-state index contributed by atoms with van der Waals surface area (Å²) in [6.07, 6.45) is 2.07. The van der Waals surface area contributed by atoms with Crippen LogP contribution in [0.15, 0.2) is 12.1 Å². The molecule has 1 unspecified atom stereocenters. The highest BCUT2D eigenvalue weighted by molar-refractivity contribution is 6.31. The fraction of sp³-hybridized carbons (Fsp3) is 0.500. The van der Waals surface area contributed by atoms with E-state index >= 15 is 0 Å². The largest absolute Gasteiger partial charge is 0.327 e. The maximum absolute atomic E-state index is 13.3. The lowest BCUT2D eigenvalue weighted by Crippen LogP contribution is -2.32. The van der Waals surface area contributed by atoms with Gasteiger partial charge in [-0.2, -0.15) is 0 Å². The number of halogens is 2. The maximum Gasteiger partial charge on any atom is 0.125 e. The Labute approximate surface area is 94.4 Å². The van der Waals surface area contributed by atoms with E-state index in [1.807, 2.05) is 13.8 Å². The van der Waals surface area contributed by atoms with E-state index in [4.69, 9.17) is 17.3 Å². The molecule has 1 aromatic rings. The predicted octanol–water partition coefficient (Wildman–Crippen LogP) is 3.17. The molecule has 0 saturated heterocycles. The molecule has 1 saturated carbocycles. The standard InChI is InChI=1S/C12H15ClFN/c1-7-10(5-9(14)6-11(7)13)12(3-4-12)8(2)15/h5-6,8H,3-4,15H2,1-2H3. The molecular weight excluding hydrogens is 213 g/mol. The number of hydrogen-bond donors (Lipinski definition) is 1. The SMILES string of the molecule is Cc1c(Cl)cc(F)cc1C1(C(C)N)CC1. The van der Waals surface area contributed by atoms with Crippen LogP contribution < -0.4 is 5.73 Å². The van der Waals surface area contributed by atoms with Crippen LogP contribution >= 0.6 is 11.6 Å². The molecule has 0 aromatic heterocycles. The molecule has 0 radical (unpaired) electrons. The second-order valence-corrected chi connectivity index (χ2v) is 4.91. The lowest BCUT2D eigenvalue weighted by atomic mass is 9.86. The van der Waals surface area contributed by atoms with Gasteiger partial charge in [0.1, 0.15) is 5.82 Å². The van der Waals surface area contributed by atoms with Gasteiger partial charge >= 0.3 is 0 Å². The molecule has 0 bridgehead atoms. The van der Waals surface area contributed by atoms with Crippen molar-refractivity contribution in [3.63, 3.8) is 0 Å². The van der Waals surface area contributed by atoms with Crippen LogP contribution in [-0.2, 0) is 5.41 Å². The van der Waals surface area contributed by atoms with Crippen LogP contribution in [0.4, 0.5) is 4.39 Å². The van der Waals surface area contributed by atoms with Crippen LogP contribution in [0, 0.1) is 12.7 Å².